The summed E-state index contributed by atoms with van der Waals surface area (Å²) in [6.45, 7) is 4.68. The third kappa shape index (κ3) is 9.36. The number of amides is 2. The Hall–Kier alpha value is -4.79. The number of nitrogens with zero attached hydrogens (tertiary/aromatic N) is 2. The molecule has 4 aromatic carbocycles. The zero-order valence-electron chi connectivity index (χ0n) is 26.3. The van der Waals surface area contributed by atoms with E-state index in [1.807, 2.05) is 84.9 Å². The van der Waals surface area contributed by atoms with Crippen LogP contribution in [0, 0.1) is 0 Å². The molecule has 0 spiro atoms. The first-order chi connectivity index (χ1) is 22.5. The molecule has 2 amide bonds. The average Bonchev–Trinajstić information content (AvgIpc) is 3.62. The minimum Gasteiger partial charge on any atom is -0.465 e. The number of esters is 1. The number of benzene rings is 4. The van der Waals surface area contributed by atoms with E-state index in [2.05, 4.69) is 16.3 Å². The van der Waals surface area contributed by atoms with Crippen molar-refractivity contribution in [2.75, 3.05) is 39.9 Å². The number of hydrogen-bond acceptors (Lipinski definition) is 6. The summed E-state index contributed by atoms with van der Waals surface area (Å²) in [5, 5.41) is 3.06. The number of likely N-dealkylation sites (tertiary alicyclic amines) is 1. The van der Waals surface area contributed by atoms with E-state index in [4.69, 9.17) is 9.47 Å². The standard InChI is InChI=1S/C38H41N3O5/c1-45-38(44)32-17-15-29(16-18-32)25-41(36(42)28-46-27-30-9-3-2-4-10-30)26-31-11-7-12-33(23-31)34-13-8-14-35(24-34)37(43)39-19-22-40-20-5-6-21-40/h2-4,7-18,23-24H,5-6,19-22,25-28H2,1H3,(H,39,43). The van der Waals surface area contributed by atoms with Crippen LogP contribution in [0.25, 0.3) is 11.1 Å². The van der Waals surface area contributed by atoms with Crippen LogP contribution in [-0.2, 0) is 34.0 Å². The van der Waals surface area contributed by atoms with Crippen molar-refractivity contribution in [1.29, 1.82) is 0 Å². The van der Waals surface area contributed by atoms with Gasteiger partial charge in [0.05, 0.1) is 19.3 Å². The van der Waals surface area contributed by atoms with Crippen molar-refractivity contribution in [3.05, 3.63) is 131 Å². The van der Waals surface area contributed by atoms with Crippen LogP contribution in [0.15, 0.2) is 103 Å². The maximum atomic E-state index is 13.5. The first kappa shape index (κ1) is 32.6. The second kappa shape index (κ2) is 16.5. The van der Waals surface area contributed by atoms with Crippen molar-refractivity contribution < 1.29 is 23.9 Å². The molecule has 1 aliphatic rings. The van der Waals surface area contributed by atoms with E-state index >= 15 is 0 Å². The molecule has 0 bridgehead atoms. The van der Waals surface area contributed by atoms with E-state index in [-0.39, 0.29) is 18.4 Å². The molecule has 1 saturated heterocycles. The molecule has 0 atom stereocenters. The van der Waals surface area contributed by atoms with Crippen LogP contribution in [0.3, 0.4) is 0 Å². The van der Waals surface area contributed by atoms with Gasteiger partial charge in [-0.15, -0.1) is 0 Å². The van der Waals surface area contributed by atoms with E-state index in [9.17, 15) is 14.4 Å². The predicted octanol–water partition coefficient (Wildman–Crippen LogP) is 5.71. The Morgan fingerprint density at radius 1 is 0.739 bits per heavy atom. The van der Waals surface area contributed by atoms with Gasteiger partial charge in [0.25, 0.3) is 5.91 Å². The minimum absolute atomic E-state index is 0.0657. The smallest absolute Gasteiger partial charge is 0.337 e. The van der Waals surface area contributed by atoms with Gasteiger partial charge in [-0.25, -0.2) is 4.79 Å². The van der Waals surface area contributed by atoms with E-state index in [0.717, 1.165) is 47.5 Å². The zero-order valence-corrected chi connectivity index (χ0v) is 26.3. The highest BCUT2D eigenvalue weighted by Gasteiger charge is 2.17. The van der Waals surface area contributed by atoms with Crippen LogP contribution in [-0.4, -0.2) is 67.5 Å². The average molecular weight is 620 g/mol. The van der Waals surface area contributed by atoms with Crippen molar-refractivity contribution in [3.8, 4) is 11.1 Å². The molecule has 1 fully saturated rings. The van der Waals surface area contributed by atoms with Gasteiger partial charge in [-0.2, -0.15) is 0 Å². The van der Waals surface area contributed by atoms with Crippen molar-refractivity contribution in [3.63, 3.8) is 0 Å². The molecule has 0 aromatic heterocycles. The fourth-order valence-electron chi connectivity index (χ4n) is 5.58. The van der Waals surface area contributed by atoms with Crippen LogP contribution in [0.5, 0.6) is 0 Å². The Morgan fingerprint density at radius 2 is 1.41 bits per heavy atom. The molecule has 4 aromatic rings. The number of methoxy groups -OCH3 is 1. The topological polar surface area (TPSA) is 88.2 Å². The highest BCUT2D eigenvalue weighted by Crippen LogP contribution is 2.23. The van der Waals surface area contributed by atoms with E-state index in [0.29, 0.717) is 37.4 Å². The largest absolute Gasteiger partial charge is 0.465 e. The Kier molecular flexibility index (Phi) is 11.7. The molecule has 8 heteroatoms. The molecular formula is C38H41N3O5. The number of carbonyl (C=O) groups excluding carboxylic acids is 3. The van der Waals surface area contributed by atoms with Gasteiger partial charge in [0.1, 0.15) is 6.61 Å². The summed E-state index contributed by atoms with van der Waals surface area (Å²) < 4.78 is 10.6. The Bertz CT molecular complexity index is 1600. The van der Waals surface area contributed by atoms with Gasteiger partial charge in [-0.1, -0.05) is 72.8 Å². The number of carbonyl (C=O) groups is 3. The quantitative estimate of drug-likeness (QED) is 0.182. The third-order valence-corrected chi connectivity index (χ3v) is 8.11. The molecule has 1 N–H and O–H groups in total. The van der Waals surface area contributed by atoms with Gasteiger partial charge in [-0.05, 0) is 84.1 Å². The normalized spacial score (nSPS) is 12.9. The number of rotatable bonds is 14. The lowest BCUT2D eigenvalue weighted by Crippen LogP contribution is -2.33. The highest BCUT2D eigenvalue weighted by atomic mass is 16.5. The molecule has 1 aliphatic heterocycles. The minimum atomic E-state index is -0.408. The molecular weight excluding hydrogens is 578 g/mol. The molecule has 46 heavy (non-hydrogen) atoms. The number of hydrogen-bond donors (Lipinski definition) is 1. The summed E-state index contributed by atoms with van der Waals surface area (Å²) in [4.78, 5) is 42.4. The lowest BCUT2D eigenvalue weighted by Gasteiger charge is -2.23. The molecule has 5 rings (SSSR count). The second-order valence-corrected chi connectivity index (χ2v) is 11.5. The van der Waals surface area contributed by atoms with Crippen LogP contribution in [0.2, 0.25) is 0 Å². The zero-order chi connectivity index (χ0) is 32.1. The SMILES string of the molecule is COC(=O)c1ccc(CN(Cc2cccc(-c3cccc(C(=O)NCCN4CCCC4)c3)c2)C(=O)COCc2ccccc2)cc1. The lowest BCUT2D eigenvalue weighted by molar-refractivity contribution is -0.137. The summed E-state index contributed by atoms with van der Waals surface area (Å²) in [5.41, 5.74) is 5.77. The monoisotopic (exact) mass is 619 g/mol. The van der Waals surface area contributed by atoms with Crippen LogP contribution < -0.4 is 5.32 Å². The molecule has 0 radical (unpaired) electrons. The summed E-state index contributed by atoms with van der Waals surface area (Å²) in [7, 11) is 1.35. The van der Waals surface area contributed by atoms with Gasteiger partial charge in [0, 0.05) is 31.7 Å². The van der Waals surface area contributed by atoms with E-state index in [1.54, 1.807) is 17.0 Å². The van der Waals surface area contributed by atoms with Gasteiger partial charge in [0.2, 0.25) is 5.91 Å². The van der Waals surface area contributed by atoms with E-state index < -0.39 is 5.97 Å². The van der Waals surface area contributed by atoms with Crippen LogP contribution >= 0.6 is 0 Å². The van der Waals surface area contributed by atoms with Crippen LogP contribution in [0.1, 0.15) is 50.2 Å². The summed E-state index contributed by atoms with van der Waals surface area (Å²) in [6, 6.07) is 32.5. The molecule has 0 aliphatic carbocycles. The van der Waals surface area contributed by atoms with Crippen molar-refractivity contribution in [1.82, 2.24) is 15.1 Å². The first-order valence-electron chi connectivity index (χ1n) is 15.7. The van der Waals surface area contributed by atoms with Gasteiger partial charge in [0.15, 0.2) is 0 Å². The van der Waals surface area contributed by atoms with E-state index in [1.165, 1.54) is 20.0 Å². The fraction of sp³-hybridized carbons (Fsp3) is 0.289. The Labute approximate surface area is 270 Å². The van der Waals surface area contributed by atoms with Gasteiger partial charge < -0.3 is 24.6 Å². The summed E-state index contributed by atoms with van der Waals surface area (Å²) in [6.07, 6.45) is 2.46. The Balaban J connectivity index is 1.27. The number of nitrogens with one attached hydrogen (secondary N) is 1. The van der Waals surface area contributed by atoms with Gasteiger partial charge in [-0.3, -0.25) is 9.59 Å². The Morgan fingerprint density at radius 3 is 2.15 bits per heavy atom. The summed E-state index contributed by atoms with van der Waals surface area (Å²) >= 11 is 0. The second-order valence-electron chi connectivity index (χ2n) is 11.5. The lowest BCUT2D eigenvalue weighted by atomic mass is 10.0. The van der Waals surface area contributed by atoms with Crippen molar-refractivity contribution in [2.45, 2.75) is 32.5 Å². The molecule has 0 saturated carbocycles. The van der Waals surface area contributed by atoms with Crippen LogP contribution in [0.4, 0.5) is 0 Å². The maximum absolute atomic E-state index is 13.5. The van der Waals surface area contributed by atoms with Gasteiger partial charge >= 0.3 is 5.97 Å². The molecule has 238 valence electrons. The first-order valence-corrected chi connectivity index (χ1v) is 15.7. The highest BCUT2D eigenvalue weighted by molar-refractivity contribution is 5.95. The maximum Gasteiger partial charge on any atom is 0.337 e. The molecule has 0 unspecified atom stereocenters. The number of ether oxygens (including phenoxy) is 2. The van der Waals surface area contributed by atoms with Crippen molar-refractivity contribution >= 4 is 17.8 Å². The summed E-state index contributed by atoms with van der Waals surface area (Å²) in [5.74, 6) is -0.636. The van der Waals surface area contributed by atoms with Crippen molar-refractivity contribution in [2.24, 2.45) is 0 Å². The predicted molar refractivity (Wildman–Crippen MR) is 178 cm³/mol. The third-order valence-electron chi connectivity index (χ3n) is 8.11. The fourth-order valence-corrected chi connectivity index (χ4v) is 5.58. The molecule has 1 heterocycles. The molecule has 8 nitrogen and oxygen atoms in total.